The summed E-state index contributed by atoms with van der Waals surface area (Å²) in [5.74, 6) is 0. The van der Waals surface area contributed by atoms with Crippen LogP contribution in [0.25, 0.3) is 0 Å². The average molecular weight is 282 g/mol. The number of rotatable bonds is 3. The van der Waals surface area contributed by atoms with Gasteiger partial charge in [0.25, 0.3) is 0 Å². The number of aliphatic hydroxyl groups is 1. The van der Waals surface area contributed by atoms with Crippen LogP contribution in [0.1, 0.15) is 18.2 Å². The van der Waals surface area contributed by atoms with Gasteiger partial charge in [-0.25, -0.2) is 0 Å². The molecular weight excluding hydrogens is 270 g/mol. The van der Waals surface area contributed by atoms with Crippen LogP contribution in [0.3, 0.4) is 0 Å². The van der Waals surface area contributed by atoms with Crippen LogP contribution in [0, 0.1) is 0 Å². The van der Waals surface area contributed by atoms with Crippen LogP contribution in [0.4, 0.5) is 0 Å². The first-order valence-electron chi connectivity index (χ1n) is 4.93. The average Bonchev–Trinajstić information content (AvgIpc) is 2.75. The highest BCUT2D eigenvalue weighted by Gasteiger charge is 2.25. The molecule has 0 aliphatic rings. The second-order valence-electron chi connectivity index (χ2n) is 3.93. The fraction of sp³-hybridized carbons (Fsp3) is 0.250. The Labute approximate surface area is 102 Å². The van der Waals surface area contributed by atoms with Gasteiger partial charge in [-0.15, -0.1) is 0 Å². The largest absolute Gasteiger partial charge is 0.472 e. The predicted octanol–water partition coefficient (Wildman–Crippen LogP) is 2.89. The summed E-state index contributed by atoms with van der Waals surface area (Å²) in [6, 6.07) is 5.56. The van der Waals surface area contributed by atoms with E-state index in [4.69, 9.17) is 4.42 Å². The van der Waals surface area contributed by atoms with Gasteiger partial charge >= 0.3 is 0 Å². The summed E-state index contributed by atoms with van der Waals surface area (Å²) in [5.41, 5.74) is 0.653. The lowest BCUT2D eigenvalue weighted by atomic mass is 9.93. The predicted molar refractivity (Wildman–Crippen MR) is 63.9 cm³/mol. The molecule has 1 atom stereocenters. The SMILES string of the molecule is CC(O)(Cc1ccc(Br)cn1)c1ccoc1. The molecule has 3 nitrogen and oxygen atoms in total. The molecule has 0 aliphatic carbocycles. The van der Waals surface area contributed by atoms with Crippen molar-refractivity contribution < 1.29 is 9.52 Å². The zero-order chi connectivity index (χ0) is 11.6. The van der Waals surface area contributed by atoms with Crippen molar-refractivity contribution in [1.29, 1.82) is 0 Å². The molecule has 0 aliphatic heterocycles. The third kappa shape index (κ3) is 2.51. The lowest BCUT2D eigenvalue weighted by Gasteiger charge is -2.21. The molecular formula is C12H12BrNO2. The maximum absolute atomic E-state index is 10.3. The molecule has 84 valence electrons. The lowest BCUT2D eigenvalue weighted by molar-refractivity contribution is 0.0560. The van der Waals surface area contributed by atoms with Gasteiger partial charge in [0.2, 0.25) is 0 Å². The van der Waals surface area contributed by atoms with Crippen LogP contribution in [-0.4, -0.2) is 10.1 Å². The third-order valence-corrected chi connectivity index (χ3v) is 2.93. The van der Waals surface area contributed by atoms with Gasteiger partial charge in [0.05, 0.1) is 18.1 Å². The number of hydrogen-bond acceptors (Lipinski definition) is 3. The molecule has 0 spiro atoms. The summed E-state index contributed by atoms with van der Waals surface area (Å²) in [5, 5.41) is 10.3. The van der Waals surface area contributed by atoms with Crippen LogP contribution in [0.15, 0.2) is 45.8 Å². The van der Waals surface area contributed by atoms with E-state index in [1.807, 2.05) is 12.1 Å². The molecule has 4 heteroatoms. The Kier molecular flexibility index (Phi) is 3.12. The van der Waals surface area contributed by atoms with Crippen molar-refractivity contribution in [1.82, 2.24) is 4.98 Å². The van der Waals surface area contributed by atoms with Crippen molar-refractivity contribution in [2.75, 3.05) is 0 Å². The van der Waals surface area contributed by atoms with E-state index in [0.717, 1.165) is 15.7 Å². The van der Waals surface area contributed by atoms with E-state index in [-0.39, 0.29) is 0 Å². The van der Waals surface area contributed by atoms with Crippen LogP contribution >= 0.6 is 15.9 Å². The minimum atomic E-state index is -0.951. The Balaban J connectivity index is 2.18. The molecule has 0 bridgehead atoms. The van der Waals surface area contributed by atoms with Crippen molar-refractivity contribution in [2.45, 2.75) is 18.9 Å². The monoisotopic (exact) mass is 281 g/mol. The first-order chi connectivity index (χ1) is 7.58. The van der Waals surface area contributed by atoms with E-state index in [0.29, 0.717) is 6.42 Å². The van der Waals surface area contributed by atoms with Gasteiger partial charge in [-0.3, -0.25) is 4.98 Å². The molecule has 0 saturated carbocycles. The highest BCUT2D eigenvalue weighted by atomic mass is 79.9. The quantitative estimate of drug-likeness (QED) is 0.941. The Hall–Kier alpha value is -1.13. The maximum atomic E-state index is 10.3. The Morgan fingerprint density at radius 2 is 2.25 bits per heavy atom. The first kappa shape index (κ1) is 11.4. The van der Waals surface area contributed by atoms with E-state index in [9.17, 15) is 5.11 Å². The number of hydrogen-bond donors (Lipinski definition) is 1. The number of furan rings is 1. The summed E-state index contributed by atoms with van der Waals surface area (Å²) < 4.78 is 5.90. The molecule has 16 heavy (non-hydrogen) atoms. The summed E-state index contributed by atoms with van der Waals surface area (Å²) in [6.45, 7) is 1.75. The first-order valence-corrected chi connectivity index (χ1v) is 5.73. The van der Waals surface area contributed by atoms with Crippen LogP contribution < -0.4 is 0 Å². The molecule has 2 heterocycles. The third-order valence-electron chi connectivity index (χ3n) is 2.46. The van der Waals surface area contributed by atoms with Crippen LogP contribution in [-0.2, 0) is 12.0 Å². The minimum Gasteiger partial charge on any atom is -0.472 e. The van der Waals surface area contributed by atoms with Crippen molar-refractivity contribution in [2.24, 2.45) is 0 Å². The topological polar surface area (TPSA) is 46.3 Å². The summed E-state index contributed by atoms with van der Waals surface area (Å²) >= 11 is 3.32. The number of nitrogens with zero attached hydrogens (tertiary/aromatic N) is 1. The highest BCUT2D eigenvalue weighted by molar-refractivity contribution is 9.10. The van der Waals surface area contributed by atoms with E-state index < -0.39 is 5.60 Å². The Morgan fingerprint density at radius 3 is 2.81 bits per heavy atom. The number of aromatic nitrogens is 1. The molecule has 2 rings (SSSR count). The van der Waals surface area contributed by atoms with Crippen molar-refractivity contribution in [3.05, 3.63) is 52.7 Å². The summed E-state index contributed by atoms with van der Waals surface area (Å²) in [6.07, 6.45) is 5.29. The zero-order valence-corrected chi connectivity index (χ0v) is 10.4. The lowest BCUT2D eigenvalue weighted by Crippen LogP contribution is -2.24. The van der Waals surface area contributed by atoms with Gasteiger partial charge < -0.3 is 9.52 Å². The molecule has 1 N–H and O–H groups in total. The summed E-state index contributed by atoms with van der Waals surface area (Å²) in [4.78, 5) is 4.24. The molecule has 0 saturated heterocycles. The van der Waals surface area contributed by atoms with E-state index in [2.05, 4.69) is 20.9 Å². The Bertz CT molecular complexity index is 448. The number of halogens is 1. The zero-order valence-electron chi connectivity index (χ0n) is 8.85. The van der Waals surface area contributed by atoms with Gasteiger partial charge in [-0.1, -0.05) is 0 Å². The standard InChI is InChI=1S/C12H12BrNO2/c1-12(15,9-4-5-16-8-9)6-11-3-2-10(13)7-14-11/h2-5,7-8,15H,6H2,1H3. The fourth-order valence-electron chi connectivity index (χ4n) is 1.54. The minimum absolute atomic E-state index is 0.458. The van der Waals surface area contributed by atoms with Gasteiger partial charge in [-0.05, 0) is 41.1 Å². The van der Waals surface area contributed by atoms with E-state index in [1.165, 1.54) is 0 Å². The summed E-state index contributed by atoms with van der Waals surface area (Å²) in [7, 11) is 0. The number of pyridine rings is 1. The fourth-order valence-corrected chi connectivity index (χ4v) is 1.77. The smallest absolute Gasteiger partial charge is 0.0963 e. The van der Waals surface area contributed by atoms with Gasteiger partial charge in [-0.2, -0.15) is 0 Å². The second-order valence-corrected chi connectivity index (χ2v) is 4.85. The molecule has 1 unspecified atom stereocenters. The van der Waals surface area contributed by atoms with Gasteiger partial charge in [0.15, 0.2) is 0 Å². The van der Waals surface area contributed by atoms with Gasteiger partial charge in [0, 0.05) is 28.3 Å². The van der Waals surface area contributed by atoms with E-state index in [1.54, 1.807) is 31.7 Å². The van der Waals surface area contributed by atoms with E-state index >= 15 is 0 Å². The molecule has 2 aromatic heterocycles. The second kappa shape index (κ2) is 4.39. The molecule has 0 aromatic carbocycles. The molecule has 0 fully saturated rings. The van der Waals surface area contributed by atoms with Gasteiger partial charge in [0.1, 0.15) is 0 Å². The van der Waals surface area contributed by atoms with Crippen molar-refractivity contribution in [3.8, 4) is 0 Å². The highest BCUT2D eigenvalue weighted by Crippen LogP contribution is 2.25. The normalized spacial score (nSPS) is 14.7. The Morgan fingerprint density at radius 1 is 1.44 bits per heavy atom. The van der Waals surface area contributed by atoms with Crippen molar-refractivity contribution >= 4 is 15.9 Å². The molecule has 0 amide bonds. The van der Waals surface area contributed by atoms with Crippen LogP contribution in [0.5, 0.6) is 0 Å². The molecule has 0 radical (unpaired) electrons. The maximum Gasteiger partial charge on any atom is 0.0963 e. The molecule has 2 aromatic rings. The van der Waals surface area contributed by atoms with Crippen molar-refractivity contribution in [3.63, 3.8) is 0 Å². The van der Waals surface area contributed by atoms with Crippen LogP contribution in [0.2, 0.25) is 0 Å².